The second kappa shape index (κ2) is 8.06. The first-order chi connectivity index (χ1) is 4.83. The average Bonchev–Trinajstić information content (AvgIpc) is 1.86. The maximum atomic E-state index is 10.6. The first kappa shape index (κ1) is 20.3. The van der Waals surface area contributed by atoms with E-state index >= 15 is 0 Å². The van der Waals surface area contributed by atoms with E-state index in [2.05, 4.69) is 3.63 Å². The molecule has 0 aliphatic carbocycles. The maximum Gasteiger partial charge on any atom is 1.00 e. The van der Waals surface area contributed by atoms with Crippen molar-refractivity contribution in [2.45, 2.75) is 13.8 Å². The first-order valence-corrected chi connectivity index (χ1v) is 6.15. The van der Waals surface area contributed by atoms with Crippen molar-refractivity contribution in [3.63, 3.8) is 0 Å². The molecule has 0 fully saturated rings. The summed E-state index contributed by atoms with van der Waals surface area (Å²) >= 11 is 0. The number of hydrogen-bond donors (Lipinski definition) is 0. The molecule has 0 N–H and O–H groups in total. The predicted octanol–water partition coefficient (Wildman–Crippen LogP) is -6.06. The molecule has 0 aromatic carbocycles. The monoisotopic (exact) mass is 250 g/mol. The van der Waals surface area contributed by atoms with E-state index in [4.69, 9.17) is 0 Å². The molecule has 0 saturated heterocycles. The van der Waals surface area contributed by atoms with Crippen LogP contribution in [-0.4, -0.2) is 28.3 Å². The predicted molar refractivity (Wildman–Crippen MR) is 42.2 cm³/mol. The molecule has 0 aliphatic heterocycles. The van der Waals surface area contributed by atoms with Crippen molar-refractivity contribution in [1.82, 2.24) is 0 Å². The Labute approximate surface area is 126 Å². The summed E-state index contributed by atoms with van der Waals surface area (Å²) in [7, 11) is -7.75. The molecule has 5 nitrogen and oxygen atoms in total. The Bertz CT molecular complexity index is 282. The standard InChI is InChI=1S/C4H10O5S2.2Na.2H/c1-3-10(5,6)9-11(7,8)4-2;;;;/h3-4H2,1-2H3;;;;/q;2*+1;2*-1. The van der Waals surface area contributed by atoms with Gasteiger partial charge in [-0.25, -0.2) is 0 Å². The van der Waals surface area contributed by atoms with Gasteiger partial charge in [-0.1, -0.05) is 0 Å². The van der Waals surface area contributed by atoms with Gasteiger partial charge in [-0.15, -0.1) is 3.63 Å². The molecule has 72 valence electrons. The van der Waals surface area contributed by atoms with Gasteiger partial charge in [0.25, 0.3) is 20.2 Å². The molecule has 9 heteroatoms. The molecule has 0 aliphatic rings. The van der Waals surface area contributed by atoms with Crippen LogP contribution in [0.2, 0.25) is 0 Å². The van der Waals surface area contributed by atoms with E-state index in [0.717, 1.165) is 0 Å². The van der Waals surface area contributed by atoms with Crippen molar-refractivity contribution >= 4 is 20.2 Å². The van der Waals surface area contributed by atoms with Crippen molar-refractivity contribution in [1.29, 1.82) is 0 Å². The van der Waals surface area contributed by atoms with Crippen LogP contribution in [0.15, 0.2) is 0 Å². The molecule has 0 amide bonds. The zero-order valence-corrected chi connectivity index (χ0v) is 13.9. The second-order valence-electron chi connectivity index (χ2n) is 1.76. The van der Waals surface area contributed by atoms with Gasteiger partial charge >= 0.3 is 59.1 Å². The van der Waals surface area contributed by atoms with Crippen molar-refractivity contribution in [2.24, 2.45) is 0 Å². The maximum absolute atomic E-state index is 10.6. The van der Waals surface area contributed by atoms with Gasteiger partial charge in [0, 0.05) is 0 Å². The second-order valence-corrected chi connectivity index (χ2v) is 5.69. The topological polar surface area (TPSA) is 77.5 Å². The van der Waals surface area contributed by atoms with Gasteiger partial charge in [-0.2, -0.15) is 16.8 Å². The van der Waals surface area contributed by atoms with Gasteiger partial charge in [0.1, 0.15) is 0 Å². The fraction of sp³-hybridized carbons (Fsp3) is 1.00. The smallest absolute Gasteiger partial charge is 1.00 e. The van der Waals surface area contributed by atoms with Gasteiger partial charge in [-0.3, -0.25) is 0 Å². The third-order valence-corrected chi connectivity index (χ3v) is 3.99. The van der Waals surface area contributed by atoms with Crippen LogP contribution in [0.25, 0.3) is 0 Å². The van der Waals surface area contributed by atoms with Crippen LogP contribution < -0.4 is 59.1 Å². The Kier molecular flexibility index (Phi) is 12.6. The Morgan fingerprint density at radius 2 is 1.15 bits per heavy atom. The molecule has 0 aromatic rings. The molecule has 0 saturated carbocycles. The molecular weight excluding hydrogens is 238 g/mol. The van der Waals surface area contributed by atoms with Gasteiger partial charge in [0.05, 0.1) is 11.5 Å². The summed E-state index contributed by atoms with van der Waals surface area (Å²) in [5, 5.41) is 0. The Hall–Kier alpha value is 1.86. The van der Waals surface area contributed by atoms with E-state index in [-0.39, 0.29) is 73.5 Å². The molecule has 0 aromatic heterocycles. The van der Waals surface area contributed by atoms with Crippen LogP contribution in [0.4, 0.5) is 0 Å². The van der Waals surface area contributed by atoms with Crippen molar-refractivity contribution in [3.05, 3.63) is 0 Å². The molecule has 0 atom stereocenters. The molecule has 0 bridgehead atoms. The summed E-state index contributed by atoms with van der Waals surface area (Å²) in [6.45, 7) is 2.61. The molecule has 0 unspecified atom stereocenters. The largest absolute Gasteiger partial charge is 1.00 e. The van der Waals surface area contributed by atoms with E-state index in [1.807, 2.05) is 0 Å². The van der Waals surface area contributed by atoms with Gasteiger partial charge in [0.15, 0.2) is 0 Å². The van der Waals surface area contributed by atoms with E-state index in [1.165, 1.54) is 13.8 Å². The Morgan fingerprint density at radius 1 is 0.923 bits per heavy atom. The summed E-state index contributed by atoms with van der Waals surface area (Å²) in [6, 6.07) is 0. The molecule has 0 heterocycles. The van der Waals surface area contributed by atoms with Crippen LogP contribution in [-0.2, 0) is 23.9 Å². The minimum Gasteiger partial charge on any atom is -1.00 e. The fourth-order valence-corrected chi connectivity index (χ4v) is 2.29. The van der Waals surface area contributed by atoms with Crippen LogP contribution in [0.1, 0.15) is 16.7 Å². The van der Waals surface area contributed by atoms with Crippen LogP contribution in [0, 0.1) is 0 Å². The molecular formula is C4H12Na2O5S2. The minimum atomic E-state index is -3.88. The fourth-order valence-electron chi connectivity index (χ4n) is 0.254. The van der Waals surface area contributed by atoms with Gasteiger partial charge in [-0.05, 0) is 13.8 Å². The van der Waals surface area contributed by atoms with Crippen molar-refractivity contribution < 1.29 is 82.4 Å². The molecule has 0 rings (SSSR count). The van der Waals surface area contributed by atoms with Crippen molar-refractivity contribution in [3.8, 4) is 0 Å². The number of rotatable bonds is 4. The summed E-state index contributed by atoms with van der Waals surface area (Å²) in [6.07, 6.45) is 0. The number of hydrogen-bond acceptors (Lipinski definition) is 5. The molecule has 0 spiro atoms. The van der Waals surface area contributed by atoms with E-state index < -0.39 is 20.2 Å². The SMILES string of the molecule is CCS(=O)(=O)OS(=O)(=O)CC.[H-].[H-].[Na+].[Na+]. The summed E-state index contributed by atoms with van der Waals surface area (Å²) in [4.78, 5) is 0. The van der Waals surface area contributed by atoms with E-state index in [9.17, 15) is 16.8 Å². The van der Waals surface area contributed by atoms with Gasteiger partial charge in [0.2, 0.25) is 0 Å². The minimum absolute atomic E-state index is 0. The third kappa shape index (κ3) is 10.1. The van der Waals surface area contributed by atoms with Crippen LogP contribution in [0.5, 0.6) is 0 Å². The summed E-state index contributed by atoms with van der Waals surface area (Å²) in [5.74, 6) is -0.682. The van der Waals surface area contributed by atoms with Crippen LogP contribution in [0.3, 0.4) is 0 Å². The van der Waals surface area contributed by atoms with Crippen LogP contribution >= 0.6 is 0 Å². The van der Waals surface area contributed by atoms with E-state index in [0.29, 0.717) is 0 Å². The first-order valence-electron chi connectivity index (χ1n) is 2.99. The zero-order valence-electron chi connectivity index (χ0n) is 10.3. The summed E-state index contributed by atoms with van der Waals surface area (Å²) < 4.78 is 46.2. The Morgan fingerprint density at radius 3 is 1.31 bits per heavy atom. The summed E-state index contributed by atoms with van der Waals surface area (Å²) in [5.41, 5.74) is 0. The molecule has 0 radical (unpaired) electrons. The molecule has 13 heavy (non-hydrogen) atoms. The van der Waals surface area contributed by atoms with Gasteiger partial charge < -0.3 is 2.85 Å². The normalized spacial score (nSPS) is 11.2. The Balaban J connectivity index is -0.0000000833. The van der Waals surface area contributed by atoms with Crippen molar-refractivity contribution in [2.75, 3.05) is 11.5 Å². The third-order valence-electron chi connectivity index (χ3n) is 0.914. The zero-order chi connectivity index (χ0) is 9.12. The average molecular weight is 250 g/mol. The quantitative estimate of drug-likeness (QED) is 0.464. The van der Waals surface area contributed by atoms with E-state index in [1.54, 1.807) is 0 Å².